The lowest BCUT2D eigenvalue weighted by molar-refractivity contribution is -0.117. The number of aromatic nitrogens is 2. The van der Waals surface area contributed by atoms with Gasteiger partial charge in [-0.25, -0.2) is 9.97 Å². The van der Waals surface area contributed by atoms with Gasteiger partial charge < -0.3 is 10.6 Å². The Morgan fingerprint density at radius 2 is 1.84 bits per heavy atom. The molecule has 0 unspecified atom stereocenters. The summed E-state index contributed by atoms with van der Waals surface area (Å²) in [6, 6.07) is 11.6. The van der Waals surface area contributed by atoms with Gasteiger partial charge in [0.2, 0.25) is 5.91 Å². The highest BCUT2D eigenvalue weighted by atomic mass is 16.2. The first kappa shape index (κ1) is 15.6. The second kappa shape index (κ2) is 6.89. The summed E-state index contributed by atoms with van der Waals surface area (Å²) in [7, 11) is 0. The van der Waals surface area contributed by atoms with Crippen LogP contribution in [0.5, 0.6) is 0 Å². The third kappa shape index (κ3) is 3.94. The molecule has 2 aliphatic rings. The van der Waals surface area contributed by atoms with Gasteiger partial charge in [0.05, 0.1) is 0 Å². The predicted molar refractivity (Wildman–Crippen MR) is 99.5 cm³/mol. The van der Waals surface area contributed by atoms with Crippen LogP contribution in [0.2, 0.25) is 0 Å². The van der Waals surface area contributed by atoms with Gasteiger partial charge in [-0.2, -0.15) is 0 Å². The van der Waals surface area contributed by atoms with Crippen molar-refractivity contribution in [2.75, 3.05) is 10.6 Å². The fourth-order valence-corrected chi connectivity index (χ4v) is 2.73. The average molecular weight is 332 g/mol. The maximum absolute atomic E-state index is 12.1. The number of hydrogen-bond acceptors (Lipinski definition) is 4. The molecule has 25 heavy (non-hydrogen) atoms. The molecular weight excluding hydrogens is 312 g/mol. The van der Waals surface area contributed by atoms with Crippen LogP contribution in [0.3, 0.4) is 0 Å². The van der Waals surface area contributed by atoms with Gasteiger partial charge in [0.25, 0.3) is 0 Å². The Morgan fingerprint density at radius 1 is 1.04 bits per heavy atom. The van der Waals surface area contributed by atoms with E-state index in [1.165, 1.54) is 0 Å². The van der Waals surface area contributed by atoms with Crippen LogP contribution in [0.25, 0.3) is 5.57 Å². The van der Waals surface area contributed by atoms with Crippen LogP contribution in [0.4, 0.5) is 17.3 Å². The lowest BCUT2D eigenvalue weighted by Gasteiger charge is -2.12. The predicted octanol–water partition coefficient (Wildman–Crippen LogP) is 4.30. The molecule has 5 nitrogen and oxygen atoms in total. The number of para-hydroxylation sites is 1. The second-order valence-electron chi connectivity index (χ2n) is 6.36. The normalized spacial score (nSPS) is 16.2. The lowest BCUT2D eigenvalue weighted by atomic mass is 10.1. The number of anilines is 3. The fourth-order valence-electron chi connectivity index (χ4n) is 2.73. The molecule has 4 rings (SSSR count). The minimum atomic E-state index is 0.0449. The SMILES string of the molecule is O=C(Nc1cc(Nc2ccccc2)nc(C2=CCCC=C2)n1)C1CC1. The monoisotopic (exact) mass is 332 g/mol. The van der Waals surface area contributed by atoms with Gasteiger partial charge in [-0.1, -0.05) is 36.4 Å². The van der Waals surface area contributed by atoms with Gasteiger partial charge in [0, 0.05) is 23.2 Å². The van der Waals surface area contributed by atoms with Gasteiger partial charge in [-0.05, 0) is 37.8 Å². The molecule has 2 aliphatic carbocycles. The highest BCUT2D eigenvalue weighted by Crippen LogP contribution is 2.30. The van der Waals surface area contributed by atoms with E-state index in [4.69, 9.17) is 0 Å². The summed E-state index contributed by atoms with van der Waals surface area (Å²) < 4.78 is 0. The number of rotatable bonds is 5. The van der Waals surface area contributed by atoms with Crippen molar-refractivity contribution in [2.45, 2.75) is 25.7 Å². The van der Waals surface area contributed by atoms with E-state index in [1.54, 1.807) is 6.07 Å². The minimum absolute atomic E-state index is 0.0449. The second-order valence-corrected chi connectivity index (χ2v) is 6.36. The number of carbonyl (C=O) groups is 1. The zero-order valence-electron chi connectivity index (χ0n) is 13.9. The molecule has 0 spiro atoms. The quantitative estimate of drug-likeness (QED) is 0.856. The summed E-state index contributed by atoms with van der Waals surface area (Å²) in [5.41, 5.74) is 1.93. The highest BCUT2D eigenvalue weighted by Gasteiger charge is 2.30. The topological polar surface area (TPSA) is 66.9 Å². The van der Waals surface area contributed by atoms with Crippen molar-refractivity contribution in [1.82, 2.24) is 9.97 Å². The summed E-state index contributed by atoms with van der Waals surface area (Å²) in [4.78, 5) is 21.3. The van der Waals surface area contributed by atoms with Gasteiger partial charge in [-0.3, -0.25) is 4.79 Å². The molecule has 0 radical (unpaired) electrons. The highest BCUT2D eigenvalue weighted by molar-refractivity contribution is 5.93. The minimum Gasteiger partial charge on any atom is -0.340 e. The summed E-state index contributed by atoms with van der Waals surface area (Å²) in [5.74, 6) is 2.02. The van der Waals surface area contributed by atoms with E-state index in [9.17, 15) is 4.79 Å². The Kier molecular flexibility index (Phi) is 4.29. The smallest absolute Gasteiger partial charge is 0.228 e. The Morgan fingerprint density at radius 3 is 2.56 bits per heavy atom. The van der Waals surface area contributed by atoms with Crippen molar-refractivity contribution in [3.05, 3.63) is 60.5 Å². The van der Waals surface area contributed by atoms with E-state index in [2.05, 4.69) is 32.8 Å². The zero-order valence-corrected chi connectivity index (χ0v) is 13.9. The van der Waals surface area contributed by atoms with Crippen LogP contribution in [-0.2, 0) is 4.79 Å². The molecule has 1 fully saturated rings. The number of amides is 1. The van der Waals surface area contributed by atoms with Gasteiger partial charge in [0.15, 0.2) is 5.82 Å². The van der Waals surface area contributed by atoms with Gasteiger partial charge in [0.1, 0.15) is 11.6 Å². The molecule has 0 atom stereocenters. The first-order valence-electron chi connectivity index (χ1n) is 8.67. The molecule has 1 aromatic heterocycles. The average Bonchev–Trinajstić information content (AvgIpc) is 3.48. The first-order valence-corrected chi connectivity index (χ1v) is 8.67. The molecule has 2 aromatic rings. The summed E-state index contributed by atoms with van der Waals surface area (Å²) >= 11 is 0. The Labute approximate surface area is 146 Å². The molecule has 1 aromatic carbocycles. The van der Waals surface area contributed by atoms with E-state index >= 15 is 0 Å². The Hall–Kier alpha value is -2.95. The molecule has 1 amide bonds. The summed E-state index contributed by atoms with van der Waals surface area (Å²) in [6.45, 7) is 0. The van der Waals surface area contributed by atoms with Gasteiger partial charge in [-0.15, -0.1) is 0 Å². The summed E-state index contributed by atoms with van der Waals surface area (Å²) in [5, 5.41) is 6.22. The third-order valence-corrected chi connectivity index (χ3v) is 4.22. The molecule has 5 heteroatoms. The van der Waals surface area contributed by atoms with Gasteiger partial charge >= 0.3 is 0 Å². The van der Waals surface area contributed by atoms with E-state index in [1.807, 2.05) is 36.4 Å². The number of allylic oxidation sites excluding steroid dienone is 4. The maximum Gasteiger partial charge on any atom is 0.228 e. The molecule has 126 valence electrons. The van der Waals surface area contributed by atoms with E-state index in [0.29, 0.717) is 17.5 Å². The van der Waals surface area contributed by atoms with Crippen molar-refractivity contribution < 1.29 is 4.79 Å². The molecule has 1 saturated carbocycles. The van der Waals surface area contributed by atoms with Crippen molar-refractivity contribution in [2.24, 2.45) is 5.92 Å². The van der Waals surface area contributed by atoms with Crippen molar-refractivity contribution in [3.8, 4) is 0 Å². The maximum atomic E-state index is 12.1. The number of benzene rings is 1. The van der Waals surface area contributed by atoms with Crippen molar-refractivity contribution in [1.29, 1.82) is 0 Å². The Balaban J connectivity index is 1.65. The van der Waals surface area contributed by atoms with E-state index < -0.39 is 0 Å². The number of nitrogens with one attached hydrogen (secondary N) is 2. The first-order chi connectivity index (χ1) is 12.3. The standard InChI is InChI=1S/C20H20N4O/c25-20(15-11-12-15)24-18-13-17(21-16-9-5-2-6-10-16)22-19(23-18)14-7-3-1-4-8-14/h2-3,5-10,13,15H,1,4,11-12H2,(H2,21,22,23,24,25). The van der Waals surface area contributed by atoms with Crippen LogP contribution >= 0.6 is 0 Å². The van der Waals surface area contributed by atoms with Crippen LogP contribution < -0.4 is 10.6 Å². The van der Waals surface area contributed by atoms with Crippen molar-refractivity contribution in [3.63, 3.8) is 0 Å². The fraction of sp³-hybridized carbons (Fsp3) is 0.250. The van der Waals surface area contributed by atoms with E-state index in [0.717, 1.165) is 36.9 Å². The zero-order chi connectivity index (χ0) is 17.1. The van der Waals surface area contributed by atoms with Crippen LogP contribution in [0.1, 0.15) is 31.5 Å². The Bertz CT molecular complexity index is 838. The molecule has 1 heterocycles. The number of nitrogens with zero attached hydrogens (tertiary/aromatic N) is 2. The number of carbonyl (C=O) groups excluding carboxylic acids is 1. The molecule has 0 aliphatic heterocycles. The number of hydrogen-bond donors (Lipinski definition) is 2. The molecular formula is C20H20N4O. The molecule has 2 N–H and O–H groups in total. The van der Waals surface area contributed by atoms with Crippen LogP contribution in [0, 0.1) is 5.92 Å². The largest absolute Gasteiger partial charge is 0.340 e. The van der Waals surface area contributed by atoms with Crippen LogP contribution in [-0.4, -0.2) is 15.9 Å². The molecule has 0 bridgehead atoms. The van der Waals surface area contributed by atoms with Crippen LogP contribution in [0.15, 0.2) is 54.6 Å². The molecule has 0 saturated heterocycles. The van der Waals surface area contributed by atoms with Crippen molar-refractivity contribution >= 4 is 28.8 Å². The summed E-state index contributed by atoms with van der Waals surface area (Å²) in [6.07, 6.45) is 10.2. The van der Waals surface area contributed by atoms with E-state index in [-0.39, 0.29) is 11.8 Å². The lowest BCUT2D eigenvalue weighted by Crippen LogP contribution is -2.15. The third-order valence-electron chi connectivity index (χ3n) is 4.22.